The topological polar surface area (TPSA) is 42.4 Å². The van der Waals surface area contributed by atoms with Crippen molar-refractivity contribution in [3.05, 3.63) is 84.9 Å². The van der Waals surface area contributed by atoms with E-state index in [1.807, 2.05) is 37.3 Å². The minimum Gasteiger partial charge on any atom is -0.427 e. The Kier molecular flexibility index (Phi) is 5.41. The number of rotatable bonds is 5. The third-order valence-electron chi connectivity index (χ3n) is 7.35. The second-order valence-electron chi connectivity index (χ2n) is 10.4. The lowest BCUT2D eigenvalue weighted by molar-refractivity contribution is -0.0893. The standard InChI is InChI=1S/C31H27BNO2S/c1-30(2,34)31(3,4)35-32-20-15-13-19(14-16-20)28-24-18-17-22-21-9-6-8-12-26(21)36-29(22)27(24)23-10-5-7-11-25(23)33-28/h5-18,34H,1-4H3. The Balaban J connectivity index is 1.49. The largest absolute Gasteiger partial charge is 0.427 e. The maximum atomic E-state index is 10.4. The van der Waals surface area contributed by atoms with Crippen molar-refractivity contribution in [3.63, 3.8) is 0 Å². The number of hydrogen-bond acceptors (Lipinski definition) is 4. The third-order valence-corrected chi connectivity index (χ3v) is 8.56. The fourth-order valence-corrected chi connectivity index (χ4v) is 5.78. The zero-order chi connectivity index (χ0) is 25.1. The van der Waals surface area contributed by atoms with Gasteiger partial charge in [0.15, 0.2) is 0 Å². The molecular formula is C31H27BNO2S. The van der Waals surface area contributed by atoms with Crippen LogP contribution in [0, 0.1) is 0 Å². The van der Waals surface area contributed by atoms with Crippen LogP contribution in [0.4, 0.5) is 0 Å². The minimum atomic E-state index is -0.963. The molecule has 36 heavy (non-hydrogen) atoms. The molecule has 1 N–H and O–H groups in total. The molecule has 0 saturated carbocycles. The van der Waals surface area contributed by atoms with Crippen LogP contribution in [-0.4, -0.2) is 28.8 Å². The van der Waals surface area contributed by atoms with Gasteiger partial charge in [0.25, 0.3) is 0 Å². The molecule has 0 bridgehead atoms. The summed E-state index contributed by atoms with van der Waals surface area (Å²) in [5, 5.41) is 16.6. The zero-order valence-electron chi connectivity index (χ0n) is 20.9. The predicted octanol–water partition coefficient (Wildman–Crippen LogP) is 7.23. The fraction of sp³-hybridized carbons (Fsp3) is 0.194. The van der Waals surface area contributed by atoms with E-state index in [4.69, 9.17) is 9.64 Å². The van der Waals surface area contributed by atoms with Gasteiger partial charge in [-0.3, -0.25) is 0 Å². The molecule has 1 radical (unpaired) electrons. The van der Waals surface area contributed by atoms with Crippen molar-refractivity contribution in [1.82, 2.24) is 4.98 Å². The van der Waals surface area contributed by atoms with Crippen molar-refractivity contribution in [2.45, 2.75) is 38.9 Å². The van der Waals surface area contributed by atoms with Crippen molar-refractivity contribution in [2.24, 2.45) is 0 Å². The van der Waals surface area contributed by atoms with Crippen LogP contribution in [0.1, 0.15) is 27.7 Å². The van der Waals surface area contributed by atoms with E-state index in [0.29, 0.717) is 0 Å². The summed E-state index contributed by atoms with van der Waals surface area (Å²) in [6.45, 7) is 7.29. The molecule has 2 aromatic heterocycles. The van der Waals surface area contributed by atoms with Crippen LogP contribution in [0.15, 0.2) is 84.9 Å². The van der Waals surface area contributed by atoms with E-state index < -0.39 is 11.2 Å². The predicted molar refractivity (Wildman–Crippen MR) is 154 cm³/mol. The van der Waals surface area contributed by atoms with E-state index in [0.717, 1.165) is 27.6 Å². The number of aromatic nitrogens is 1. The Morgan fingerprint density at radius 3 is 2.17 bits per heavy atom. The Labute approximate surface area is 215 Å². The third kappa shape index (κ3) is 3.79. The normalized spacial score (nSPS) is 12.7. The summed E-state index contributed by atoms with van der Waals surface area (Å²) in [5.74, 6) is 0. The molecule has 0 aliphatic heterocycles. The quantitative estimate of drug-likeness (QED) is 0.206. The molecule has 0 spiro atoms. The van der Waals surface area contributed by atoms with Gasteiger partial charge >= 0.3 is 7.48 Å². The van der Waals surface area contributed by atoms with Gasteiger partial charge in [0.2, 0.25) is 0 Å². The van der Waals surface area contributed by atoms with Gasteiger partial charge in [0.05, 0.1) is 22.4 Å². The Morgan fingerprint density at radius 1 is 0.750 bits per heavy atom. The molecule has 177 valence electrons. The zero-order valence-corrected chi connectivity index (χ0v) is 21.7. The van der Waals surface area contributed by atoms with Gasteiger partial charge in [-0.1, -0.05) is 78.3 Å². The van der Waals surface area contributed by atoms with Crippen LogP contribution in [0.25, 0.3) is 53.1 Å². The van der Waals surface area contributed by atoms with E-state index in [1.54, 1.807) is 21.3 Å². The molecule has 5 heteroatoms. The molecule has 6 rings (SSSR count). The summed E-state index contributed by atoms with van der Waals surface area (Å²) >= 11 is 1.85. The summed E-state index contributed by atoms with van der Waals surface area (Å²) in [5.41, 5.74) is 2.30. The van der Waals surface area contributed by atoms with Gasteiger partial charge in [-0.15, -0.1) is 11.3 Å². The number of para-hydroxylation sites is 1. The highest BCUT2D eigenvalue weighted by Crippen LogP contribution is 2.43. The van der Waals surface area contributed by atoms with Crippen LogP contribution in [0.3, 0.4) is 0 Å². The Morgan fingerprint density at radius 2 is 1.42 bits per heavy atom. The Bertz CT molecular complexity index is 1750. The fourth-order valence-electron chi connectivity index (χ4n) is 4.52. The maximum absolute atomic E-state index is 10.4. The number of pyridine rings is 1. The molecule has 0 atom stereocenters. The number of nitrogens with zero attached hydrogens (tertiary/aromatic N) is 1. The van der Waals surface area contributed by atoms with Crippen molar-refractivity contribution < 1.29 is 9.76 Å². The monoisotopic (exact) mass is 488 g/mol. The average Bonchev–Trinajstić information content (AvgIpc) is 3.25. The van der Waals surface area contributed by atoms with Gasteiger partial charge in [0, 0.05) is 41.9 Å². The highest BCUT2D eigenvalue weighted by atomic mass is 32.1. The summed E-state index contributed by atoms with van der Waals surface area (Å²) in [7, 11) is 1.72. The van der Waals surface area contributed by atoms with Crippen molar-refractivity contribution in [3.8, 4) is 11.3 Å². The van der Waals surface area contributed by atoms with Gasteiger partial charge < -0.3 is 9.76 Å². The first-order valence-electron chi connectivity index (χ1n) is 12.2. The highest BCUT2D eigenvalue weighted by Gasteiger charge is 2.35. The van der Waals surface area contributed by atoms with Crippen LogP contribution >= 0.6 is 11.3 Å². The van der Waals surface area contributed by atoms with Gasteiger partial charge in [0.1, 0.15) is 0 Å². The molecule has 3 nitrogen and oxygen atoms in total. The Hall–Kier alpha value is -3.25. The van der Waals surface area contributed by atoms with Crippen molar-refractivity contribution >= 4 is 66.1 Å². The lowest BCUT2D eigenvalue weighted by atomic mass is 9.82. The first-order valence-corrected chi connectivity index (χ1v) is 13.0. The second-order valence-corrected chi connectivity index (χ2v) is 11.4. The van der Waals surface area contributed by atoms with Crippen LogP contribution in [-0.2, 0) is 4.65 Å². The lowest BCUT2D eigenvalue weighted by Gasteiger charge is -2.37. The molecular weight excluding hydrogens is 461 g/mol. The number of aliphatic hydroxyl groups is 1. The maximum Gasteiger partial charge on any atom is 0.330 e. The SMILES string of the molecule is CC(C)(O)C(C)(C)O[B]c1ccc(-c2nc3ccccc3c3c2ccc2c4ccccc4sc23)cc1. The van der Waals surface area contributed by atoms with Gasteiger partial charge in [-0.05, 0) is 39.8 Å². The molecule has 4 aromatic carbocycles. The number of hydrogen-bond donors (Lipinski definition) is 1. The molecule has 2 heterocycles. The molecule has 0 unspecified atom stereocenters. The van der Waals surface area contributed by atoms with Gasteiger partial charge in [-0.25, -0.2) is 4.98 Å². The van der Waals surface area contributed by atoms with Crippen LogP contribution < -0.4 is 5.46 Å². The summed E-state index contributed by atoms with van der Waals surface area (Å²) in [6, 6.07) is 29.8. The molecule has 0 aliphatic carbocycles. The molecule has 0 amide bonds. The summed E-state index contributed by atoms with van der Waals surface area (Å²) in [6.07, 6.45) is 0. The van der Waals surface area contributed by atoms with Crippen LogP contribution in [0.5, 0.6) is 0 Å². The van der Waals surface area contributed by atoms with Gasteiger partial charge in [-0.2, -0.15) is 0 Å². The highest BCUT2D eigenvalue weighted by molar-refractivity contribution is 7.26. The number of thiophene rings is 1. The molecule has 0 fully saturated rings. The van der Waals surface area contributed by atoms with Crippen molar-refractivity contribution in [2.75, 3.05) is 0 Å². The van der Waals surface area contributed by atoms with E-state index in [-0.39, 0.29) is 0 Å². The molecule has 0 saturated heterocycles. The van der Waals surface area contributed by atoms with Crippen LogP contribution in [0.2, 0.25) is 0 Å². The molecule has 6 aromatic rings. The van der Waals surface area contributed by atoms with E-state index in [2.05, 4.69) is 72.8 Å². The van der Waals surface area contributed by atoms with E-state index >= 15 is 0 Å². The number of fused-ring (bicyclic) bond motifs is 7. The number of benzene rings is 4. The second kappa shape index (κ2) is 8.41. The van der Waals surface area contributed by atoms with E-state index in [9.17, 15) is 5.11 Å². The average molecular weight is 488 g/mol. The minimum absolute atomic E-state index is 0.711. The van der Waals surface area contributed by atoms with Crippen molar-refractivity contribution in [1.29, 1.82) is 0 Å². The first-order chi connectivity index (χ1) is 17.2. The van der Waals surface area contributed by atoms with E-state index in [1.165, 1.54) is 30.9 Å². The lowest BCUT2D eigenvalue weighted by Crippen LogP contribution is -2.49. The molecule has 0 aliphatic rings. The summed E-state index contributed by atoms with van der Waals surface area (Å²) < 4.78 is 8.55. The first kappa shape index (κ1) is 23.2. The summed E-state index contributed by atoms with van der Waals surface area (Å²) in [4.78, 5) is 5.11. The smallest absolute Gasteiger partial charge is 0.330 e.